The molecular weight excluding hydrogens is 538 g/mol. The van der Waals surface area contributed by atoms with Gasteiger partial charge in [-0.25, -0.2) is 9.79 Å². The van der Waals surface area contributed by atoms with E-state index in [1.807, 2.05) is 30.3 Å². The number of hydrogen-bond donors (Lipinski definition) is 5. The standard InChI is InChI=1S/C27H31N5O7S/c1-3-22(33)31-26(32-27(38)39-2)29-16-10-12-20(21(14-16)40-17-7-5-4-6-8-17)30-24(35)15-9-11-18(25(36)37)19(13-15)23(28)34/h4-8,10,12,14-15,18-19H,3,9,11,13H2,1-2H3,(H2,28,34)(H,30,35)(H,36,37)(H2,29,31,32,33,38). The van der Waals surface area contributed by atoms with E-state index >= 15 is 0 Å². The lowest BCUT2D eigenvalue weighted by Gasteiger charge is -2.31. The molecule has 0 spiro atoms. The molecule has 1 fully saturated rings. The van der Waals surface area contributed by atoms with Crippen molar-refractivity contribution >= 4 is 58.9 Å². The van der Waals surface area contributed by atoms with Crippen molar-refractivity contribution in [2.24, 2.45) is 28.5 Å². The van der Waals surface area contributed by atoms with E-state index in [2.05, 4.69) is 25.7 Å². The number of carboxylic acid groups (broad SMARTS) is 1. The molecule has 1 saturated carbocycles. The molecule has 0 saturated heterocycles. The quantitative estimate of drug-likeness (QED) is 0.236. The maximum Gasteiger partial charge on any atom is 0.413 e. The van der Waals surface area contributed by atoms with Crippen LogP contribution in [0.4, 0.5) is 16.2 Å². The fourth-order valence-electron chi connectivity index (χ4n) is 4.22. The van der Waals surface area contributed by atoms with Gasteiger partial charge < -0.3 is 20.9 Å². The molecule has 2 aromatic rings. The number of aliphatic carboxylic acids is 1. The highest BCUT2D eigenvalue weighted by molar-refractivity contribution is 7.99. The van der Waals surface area contributed by atoms with Crippen LogP contribution in [0.1, 0.15) is 32.6 Å². The Bertz CT molecular complexity index is 1280. The van der Waals surface area contributed by atoms with E-state index in [-0.39, 0.29) is 37.0 Å². The van der Waals surface area contributed by atoms with Crippen molar-refractivity contribution in [1.82, 2.24) is 10.6 Å². The fourth-order valence-corrected chi connectivity index (χ4v) is 5.18. The normalized spacial score (nSPS) is 18.8. The lowest BCUT2D eigenvalue weighted by molar-refractivity contribution is -0.149. The molecule has 3 atom stereocenters. The molecule has 0 bridgehead atoms. The number of carboxylic acids is 1. The lowest BCUT2D eigenvalue weighted by Crippen LogP contribution is -2.43. The molecule has 1 aliphatic carbocycles. The molecular formula is C27H31N5O7S. The van der Waals surface area contributed by atoms with E-state index in [4.69, 9.17) is 5.73 Å². The minimum absolute atomic E-state index is 0.0430. The van der Waals surface area contributed by atoms with Crippen molar-refractivity contribution in [2.45, 2.75) is 42.4 Å². The first kappa shape index (κ1) is 30.2. The summed E-state index contributed by atoms with van der Waals surface area (Å²) in [4.78, 5) is 66.2. The van der Waals surface area contributed by atoms with Crippen LogP contribution in [0, 0.1) is 17.8 Å². The first-order chi connectivity index (χ1) is 19.1. The zero-order valence-corrected chi connectivity index (χ0v) is 22.8. The highest BCUT2D eigenvalue weighted by Crippen LogP contribution is 2.38. The summed E-state index contributed by atoms with van der Waals surface area (Å²) in [6.45, 7) is 1.65. The molecule has 13 heteroatoms. The van der Waals surface area contributed by atoms with Gasteiger partial charge in [0.2, 0.25) is 23.7 Å². The van der Waals surface area contributed by atoms with Gasteiger partial charge in [-0.05, 0) is 49.6 Å². The number of anilines is 1. The molecule has 40 heavy (non-hydrogen) atoms. The molecule has 0 heterocycles. The van der Waals surface area contributed by atoms with Crippen LogP contribution < -0.4 is 21.7 Å². The van der Waals surface area contributed by atoms with Gasteiger partial charge in [-0.1, -0.05) is 36.9 Å². The predicted molar refractivity (Wildman–Crippen MR) is 148 cm³/mol. The third-order valence-corrected chi connectivity index (χ3v) is 7.39. The second-order valence-corrected chi connectivity index (χ2v) is 10.1. The number of methoxy groups -OCH3 is 1. The van der Waals surface area contributed by atoms with Crippen LogP contribution in [0.3, 0.4) is 0 Å². The molecule has 12 nitrogen and oxygen atoms in total. The van der Waals surface area contributed by atoms with Gasteiger partial charge in [0.1, 0.15) is 0 Å². The Hall–Kier alpha value is -4.39. The van der Waals surface area contributed by atoms with Gasteiger partial charge in [0.15, 0.2) is 0 Å². The highest BCUT2D eigenvalue weighted by atomic mass is 32.2. The number of alkyl carbamates (subject to hydrolysis) is 1. The van der Waals surface area contributed by atoms with Gasteiger partial charge in [-0.2, -0.15) is 0 Å². The summed E-state index contributed by atoms with van der Waals surface area (Å²) in [5, 5.41) is 17.2. The average molecular weight is 570 g/mol. The van der Waals surface area contributed by atoms with Gasteiger partial charge in [-0.3, -0.25) is 29.8 Å². The Morgan fingerprint density at radius 3 is 2.40 bits per heavy atom. The third-order valence-electron chi connectivity index (χ3n) is 6.32. The predicted octanol–water partition coefficient (Wildman–Crippen LogP) is 3.25. The van der Waals surface area contributed by atoms with E-state index in [1.54, 1.807) is 25.1 Å². The number of aliphatic imine (C=N–C) groups is 1. The Morgan fingerprint density at radius 1 is 1.05 bits per heavy atom. The van der Waals surface area contributed by atoms with E-state index in [0.717, 1.165) is 4.90 Å². The molecule has 2 aromatic carbocycles. The van der Waals surface area contributed by atoms with Crippen LogP contribution in [0.2, 0.25) is 0 Å². The van der Waals surface area contributed by atoms with Crippen LogP contribution in [0.25, 0.3) is 0 Å². The lowest BCUT2D eigenvalue weighted by atomic mass is 9.73. The number of hydrogen-bond acceptors (Lipinski definition) is 8. The smallest absolute Gasteiger partial charge is 0.413 e. The molecule has 3 unspecified atom stereocenters. The maximum absolute atomic E-state index is 13.2. The largest absolute Gasteiger partial charge is 0.481 e. The zero-order valence-electron chi connectivity index (χ0n) is 22.0. The first-order valence-electron chi connectivity index (χ1n) is 12.5. The number of carbonyl (C=O) groups is 5. The average Bonchev–Trinajstić information content (AvgIpc) is 2.94. The van der Waals surface area contributed by atoms with Gasteiger partial charge in [-0.15, -0.1) is 0 Å². The number of benzene rings is 2. The summed E-state index contributed by atoms with van der Waals surface area (Å²) >= 11 is 1.36. The van der Waals surface area contributed by atoms with Crippen molar-refractivity contribution in [3.8, 4) is 0 Å². The molecule has 4 amide bonds. The number of nitrogens with one attached hydrogen (secondary N) is 3. The van der Waals surface area contributed by atoms with Crippen molar-refractivity contribution in [3.63, 3.8) is 0 Å². The summed E-state index contributed by atoms with van der Waals surface area (Å²) in [7, 11) is 1.18. The SMILES string of the molecule is CCC(=O)NC(=Nc1ccc(NC(=O)C2CCC(C(=O)O)C(C(N)=O)C2)c(Sc2ccccc2)c1)NC(=O)OC. The Morgan fingerprint density at radius 2 is 1.77 bits per heavy atom. The topological polar surface area (TPSA) is 189 Å². The second-order valence-electron chi connectivity index (χ2n) is 9.03. The minimum Gasteiger partial charge on any atom is -0.481 e. The highest BCUT2D eigenvalue weighted by Gasteiger charge is 2.40. The number of amides is 4. The van der Waals surface area contributed by atoms with Crippen LogP contribution in [-0.2, 0) is 23.9 Å². The van der Waals surface area contributed by atoms with Gasteiger partial charge in [0, 0.05) is 22.1 Å². The molecule has 0 aromatic heterocycles. The maximum atomic E-state index is 13.2. The van der Waals surface area contributed by atoms with Crippen molar-refractivity contribution in [2.75, 3.05) is 12.4 Å². The molecule has 0 radical (unpaired) electrons. The van der Waals surface area contributed by atoms with E-state index in [0.29, 0.717) is 22.7 Å². The van der Waals surface area contributed by atoms with Gasteiger partial charge >= 0.3 is 12.1 Å². The fraction of sp³-hybridized carbons (Fsp3) is 0.333. The Balaban J connectivity index is 1.90. The minimum atomic E-state index is -1.10. The molecule has 0 aliphatic heterocycles. The summed E-state index contributed by atoms with van der Waals surface area (Å²) in [5.41, 5.74) is 6.28. The number of nitrogens with zero attached hydrogens (tertiary/aromatic N) is 1. The summed E-state index contributed by atoms with van der Waals surface area (Å²) in [6.07, 6.45) is -0.145. The monoisotopic (exact) mass is 569 g/mol. The number of carbonyl (C=O) groups excluding carboxylic acids is 4. The van der Waals surface area contributed by atoms with Crippen LogP contribution in [0.5, 0.6) is 0 Å². The van der Waals surface area contributed by atoms with E-state index < -0.39 is 35.7 Å². The second kappa shape index (κ2) is 14.1. The Kier molecular flexibility index (Phi) is 10.6. The van der Waals surface area contributed by atoms with E-state index in [9.17, 15) is 29.1 Å². The molecule has 6 N–H and O–H groups in total. The van der Waals surface area contributed by atoms with Crippen molar-refractivity contribution in [1.29, 1.82) is 0 Å². The summed E-state index contributed by atoms with van der Waals surface area (Å²) in [6, 6.07) is 14.3. The van der Waals surface area contributed by atoms with Crippen molar-refractivity contribution in [3.05, 3.63) is 48.5 Å². The van der Waals surface area contributed by atoms with Gasteiger partial charge in [0.25, 0.3) is 0 Å². The number of rotatable bonds is 8. The number of ether oxygens (including phenoxy) is 1. The zero-order chi connectivity index (χ0) is 29.2. The van der Waals surface area contributed by atoms with E-state index in [1.165, 1.54) is 18.9 Å². The summed E-state index contributed by atoms with van der Waals surface area (Å²) < 4.78 is 4.60. The molecule has 212 valence electrons. The molecule has 1 aliphatic rings. The van der Waals surface area contributed by atoms with Crippen LogP contribution >= 0.6 is 11.8 Å². The first-order valence-corrected chi connectivity index (χ1v) is 13.4. The van der Waals surface area contributed by atoms with Gasteiger partial charge in [0.05, 0.1) is 30.3 Å². The van der Waals surface area contributed by atoms with Crippen LogP contribution in [0.15, 0.2) is 63.3 Å². The Labute approximate surface area is 235 Å². The van der Waals surface area contributed by atoms with Crippen molar-refractivity contribution < 1.29 is 33.8 Å². The molecule has 3 rings (SSSR count). The van der Waals surface area contributed by atoms with Crippen LogP contribution in [-0.4, -0.2) is 48.0 Å². The number of nitrogens with two attached hydrogens (primary N) is 1. The summed E-state index contributed by atoms with van der Waals surface area (Å²) in [5.74, 6) is -5.14. The number of guanidine groups is 1. The number of primary amides is 1. The third kappa shape index (κ3) is 8.30.